The summed E-state index contributed by atoms with van der Waals surface area (Å²) < 4.78 is 27.0. The summed E-state index contributed by atoms with van der Waals surface area (Å²) in [5.74, 6) is 0. The van der Waals surface area contributed by atoms with Crippen LogP contribution in [0, 0.1) is 11.3 Å². The highest BCUT2D eigenvalue weighted by atomic mass is 79.9. The third kappa shape index (κ3) is 3.21. The fraction of sp³-hybridized carbons (Fsp3) is 0.0714. The molecule has 0 atom stereocenters. The Labute approximate surface area is 136 Å². The van der Waals surface area contributed by atoms with Gasteiger partial charge in [0.2, 0.25) is 0 Å². The largest absolute Gasteiger partial charge is 0.269 e. The maximum absolute atomic E-state index is 12.6. The number of halogens is 2. The Bertz CT molecular complexity index is 831. The maximum Gasteiger partial charge on any atom is 0.265 e. The van der Waals surface area contributed by atoms with Crippen LogP contribution in [0.25, 0.3) is 0 Å². The van der Waals surface area contributed by atoms with E-state index in [1.54, 1.807) is 24.3 Å². The average molecular weight is 386 g/mol. The van der Waals surface area contributed by atoms with Gasteiger partial charge in [-0.05, 0) is 36.4 Å². The van der Waals surface area contributed by atoms with E-state index in [1.807, 2.05) is 6.07 Å². The van der Waals surface area contributed by atoms with Crippen LogP contribution in [0.2, 0.25) is 5.02 Å². The van der Waals surface area contributed by atoms with Crippen molar-refractivity contribution in [2.24, 2.45) is 0 Å². The molecule has 0 unspecified atom stereocenters. The van der Waals surface area contributed by atoms with E-state index in [1.165, 1.54) is 25.2 Å². The lowest BCUT2D eigenvalue weighted by molar-refractivity contribution is 0.594. The molecule has 4 nitrogen and oxygen atoms in total. The Kier molecular flexibility index (Phi) is 4.57. The quantitative estimate of drug-likeness (QED) is 0.807. The van der Waals surface area contributed by atoms with E-state index in [-0.39, 0.29) is 9.92 Å². The maximum atomic E-state index is 12.6. The van der Waals surface area contributed by atoms with Crippen molar-refractivity contribution >= 4 is 43.2 Å². The molecule has 0 saturated carbocycles. The molecule has 21 heavy (non-hydrogen) atoms. The summed E-state index contributed by atoms with van der Waals surface area (Å²) >= 11 is 9.25. The summed E-state index contributed by atoms with van der Waals surface area (Å²) in [5.41, 5.74) is 0.782. The lowest BCUT2D eigenvalue weighted by Gasteiger charge is -2.20. The summed E-state index contributed by atoms with van der Waals surface area (Å²) in [6.45, 7) is 0. The molecule has 0 spiro atoms. The van der Waals surface area contributed by atoms with Gasteiger partial charge in [0.15, 0.2) is 0 Å². The van der Waals surface area contributed by atoms with Gasteiger partial charge in [-0.1, -0.05) is 33.6 Å². The van der Waals surface area contributed by atoms with Gasteiger partial charge in [-0.3, -0.25) is 4.31 Å². The Morgan fingerprint density at radius 1 is 1.24 bits per heavy atom. The van der Waals surface area contributed by atoms with Gasteiger partial charge < -0.3 is 0 Å². The molecule has 0 radical (unpaired) electrons. The summed E-state index contributed by atoms with van der Waals surface area (Å²) in [5, 5.41) is 9.03. The first-order chi connectivity index (χ1) is 9.86. The third-order valence-corrected chi connectivity index (χ3v) is 5.63. The van der Waals surface area contributed by atoms with Crippen molar-refractivity contribution in [2.45, 2.75) is 4.90 Å². The zero-order chi connectivity index (χ0) is 15.6. The highest BCUT2D eigenvalue weighted by molar-refractivity contribution is 9.10. The zero-order valence-corrected chi connectivity index (χ0v) is 14.1. The second-order valence-electron chi connectivity index (χ2n) is 4.21. The molecule has 0 heterocycles. The predicted octanol–water partition coefficient (Wildman–Crippen LogP) is 3.80. The molecule has 0 fully saturated rings. The molecule has 2 aromatic rings. The van der Waals surface area contributed by atoms with Crippen LogP contribution in [-0.2, 0) is 10.0 Å². The van der Waals surface area contributed by atoms with Crippen LogP contribution in [0.1, 0.15) is 5.56 Å². The first-order valence-corrected chi connectivity index (χ1v) is 8.41. The standard InChI is InChI=1S/C14H10BrClN2O2S/c1-18(12-4-2-3-10(7-12)9-17)21(19,20)14-6-5-11(15)8-13(14)16/h2-8H,1H3. The van der Waals surface area contributed by atoms with Gasteiger partial charge in [-0.15, -0.1) is 0 Å². The van der Waals surface area contributed by atoms with E-state index in [4.69, 9.17) is 16.9 Å². The van der Waals surface area contributed by atoms with Gasteiger partial charge in [0.25, 0.3) is 10.0 Å². The molecule has 0 aliphatic carbocycles. The molecule has 0 saturated heterocycles. The predicted molar refractivity (Wildman–Crippen MR) is 85.9 cm³/mol. The number of benzene rings is 2. The van der Waals surface area contributed by atoms with Crippen molar-refractivity contribution < 1.29 is 8.42 Å². The number of sulfonamides is 1. The van der Waals surface area contributed by atoms with Crippen molar-refractivity contribution in [1.29, 1.82) is 5.26 Å². The topological polar surface area (TPSA) is 61.2 Å². The van der Waals surface area contributed by atoms with Crippen LogP contribution in [0.15, 0.2) is 51.8 Å². The van der Waals surface area contributed by atoms with E-state index in [0.717, 1.165) is 4.31 Å². The second kappa shape index (κ2) is 6.06. The molecule has 0 amide bonds. The number of hydrogen-bond donors (Lipinski definition) is 0. The van der Waals surface area contributed by atoms with Crippen LogP contribution < -0.4 is 4.31 Å². The van der Waals surface area contributed by atoms with Gasteiger partial charge >= 0.3 is 0 Å². The minimum Gasteiger partial charge on any atom is -0.269 e. The molecule has 2 rings (SSSR count). The minimum absolute atomic E-state index is 0.0113. The van der Waals surface area contributed by atoms with Gasteiger partial charge in [0.05, 0.1) is 22.3 Å². The van der Waals surface area contributed by atoms with Crippen LogP contribution >= 0.6 is 27.5 Å². The van der Waals surface area contributed by atoms with Gasteiger partial charge in [0, 0.05) is 11.5 Å². The smallest absolute Gasteiger partial charge is 0.265 e. The zero-order valence-electron chi connectivity index (χ0n) is 10.9. The lowest BCUT2D eigenvalue weighted by Crippen LogP contribution is -2.26. The van der Waals surface area contributed by atoms with Crippen LogP contribution in [0.4, 0.5) is 5.69 Å². The molecule has 2 aromatic carbocycles. The van der Waals surface area contributed by atoms with Gasteiger partial charge in [0.1, 0.15) is 4.90 Å². The molecule has 7 heteroatoms. The summed E-state index contributed by atoms with van der Waals surface area (Å²) in [7, 11) is -2.37. The molecule has 0 N–H and O–H groups in total. The molecule has 0 aliphatic heterocycles. The molecule has 108 valence electrons. The Hall–Kier alpha value is -1.55. The Morgan fingerprint density at radius 3 is 2.57 bits per heavy atom. The first kappa shape index (κ1) is 15.8. The highest BCUT2D eigenvalue weighted by Gasteiger charge is 2.24. The third-order valence-electron chi connectivity index (χ3n) is 2.87. The van der Waals surface area contributed by atoms with Crippen LogP contribution in [-0.4, -0.2) is 15.5 Å². The van der Waals surface area contributed by atoms with E-state index in [2.05, 4.69) is 15.9 Å². The molecule has 0 aliphatic rings. The number of anilines is 1. The van der Waals surface area contributed by atoms with Crippen molar-refractivity contribution in [3.05, 3.63) is 57.5 Å². The summed E-state index contributed by atoms with van der Waals surface area (Å²) in [4.78, 5) is 0.0113. The van der Waals surface area contributed by atoms with E-state index in [9.17, 15) is 8.42 Å². The monoisotopic (exact) mass is 384 g/mol. The van der Waals surface area contributed by atoms with Crippen molar-refractivity contribution in [2.75, 3.05) is 11.4 Å². The first-order valence-electron chi connectivity index (χ1n) is 5.80. The van der Waals surface area contributed by atoms with Gasteiger partial charge in [-0.2, -0.15) is 5.26 Å². The Morgan fingerprint density at radius 2 is 1.95 bits per heavy atom. The summed E-state index contributed by atoms with van der Waals surface area (Å²) in [6.07, 6.45) is 0. The molecule has 0 bridgehead atoms. The molecular weight excluding hydrogens is 376 g/mol. The second-order valence-corrected chi connectivity index (χ2v) is 7.47. The number of rotatable bonds is 3. The highest BCUT2D eigenvalue weighted by Crippen LogP contribution is 2.29. The number of hydrogen-bond acceptors (Lipinski definition) is 3. The van der Waals surface area contributed by atoms with Crippen LogP contribution in [0.5, 0.6) is 0 Å². The van der Waals surface area contributed by atoms with Crippen molar-refractivity contribution in [3.63, 3.8) is 0 Å². The molecule has 0 aromatic heterocycles. The van der Waals surface area contributed by atoms with Crippen molar-refractivity contribution in [1.82, 2.24) is 0 Å². The fourth-order valence-corrected chi connectivity index (χ4v) is 3.94. The Balaban J connectivity index is 2.50. The molecular formula is C14H10BrClN2O2S. The SMILES string of the molecule is CN(c1cccc(C#N)c1)S(=O)(=O)c1ccc(Br)cc1Cl. The fourth-order valence-electron chi connectivity index (χ4n) is 1.74. The van der Waals surface area contributed by atoms with Crippen LogP contribution in [0.3, 0.4) is 0 Å². The summed E-state index contributed by atoms with van der Waals surface area (Å²) in [6, 6.07) is 12.9. The number of nitrogens with zero attached hydrogens (tertiary/aromatic N) is 2. The van der Waals surface area contributed by atoms with E-state index in [0.29, 0.717) is 15.7 Å². The van der Waals surface area contributed by atoms with Gasteiger partial charge in [-0.25, -0.2) is 8.42 Å². The van der Waals surface area contributed by atoms with Crippen molar-refractivity contribution in [3.8, 4) is 6.07 Å². The minimum atomic E-state index is -3.79. The van der Waals surface area contributed by atoms with E-state index >= 15 is 0 Å². The normalized spacial score (nSPS) is 11.0. The van der Waals surface area contributed by atoms with E-state index < -0.39 is 10.0 Å². The average Bonchev–Trinajstić information content (AvgIpc) is 2.46. The number of nitriles is 1. The lowest BCUT2D eigenvalue weighted by atomic mass is 10.2.